The van der Waals surface area contributed by atoms with Crippen LogP contribution in [0.3, 0.4) is 0 Å². The normalized spacial score (nSPS) is 21.1. The minimum Gasteiger partial charge on any atom is -0.350 e. The lowest BCUT2D eigenvalue weighted by Crippen LogP contribution is -2.35. The topological polar surface area (TPSA) is 98.3 Å². The van der Waals surface area contributed by atoms with Crippen molar-refractivity contribution >= 4 is 23.5 Å². The first-order chi connectivity index (χ1) is 14.1. The van der Waals surface area contributed by atoms with Gasteiger partial charge in [-0.25, -0.2) is 0 Å². The van der Waals surface area contributed by atoms with Crippen molar-refractivity contribution in [2.45, 2.75) is 38.9 Å². The van der Waals surface area contributed by atoms with E-state index in [4.69, 9.17) is 15.3 Å². The molecule has 1 amide bonds. The zero-order valence-corrected chi connectivity index (χ0v) is 16.6. The lowest BCUT2D eigenvalue weighted by atomic mass is 10.1. The van der Waals surface area contributed by atoms with Gasteiger partial charge < -0.3 is 20.6 Å². The van der Waals surface area contributed by atoms with E-state index in [1.165, 1.54) is 31.9 Å². The fourth-order valence-electron chi connectivity index (χ4n) is 3.06. The molecule has 3 fully saturated rings. The van der Waals surface area contributed by atoms with Gasteiger partial charge in [-0.2, -0.15) is 5.10 Å². The van der Waals surface area contributed by atoms with Crippen LogP contribution in [0.15, 0.2) is 28.3 Å². The highest BCUT2D eigenvalue weighted by atomic mass is 16.7. The number of benzene rings is 1. The number of ether oxygens (including phenoxy) is 2. The third kappa shape index (κ3) is 5.22. The summed E-state index contributed by atoms with van der Waals surface area (Å²) in [6.45, 7) is 3.66. The molecule has 0 unspecified atom stereocenters. The largest absolute Gasteiger partial charge is 0.350 e. The number of hydrogen-bond donors (Lipinski definition) is 2. The summed E-state index contributed by atoms with van der Waals surface area (Å²) in [5.74, 6) is 11.9. The molecule has 29 heavy (non-hydrogen) atoms. The summed E-state index contributed by atoms with van der Waals surface area (Å²) in [6, 6.07) is 5.70. The van der Waals surface area contributed by atoms with Crippen molar-refractivity contribution in [2.24, 2.45) is 27.3 Å². The van der Waals surface area contributed by atoms with E-state index in [9.17, 15) is 4.79 Å². The van der Waals surface area contributed by atoms with E-state index >= 15 is 0 Å². The Balaban J connectivity index is 1.29. The van der Waals surface area contributed by atoms with Crippen LogP contribution in [0.25, 0.3) is 0 Å². The Morgan fingerprint density at radius 3 is 2.72 bits per heavy atom. The average Bonchev–Trinajstić information content (AvgIpc) is 3.64. The van der Waals surface area contributed by atoms with Crippen LogP contribution >= 0.6 is 0 Å². The second kappa shape index (κ2) is 8.36. The maximum absolute atomic E-state index is 12.5. The Bertz CT molecular complexity index is 894. The average molecular weight is 394 g/mol. The number of aliphatic imine (C=N–C) groups is 1. The standard InChI is InChI=1S/C22H26N4O3/c1-15-10-17(5-4-16-2-3-16)6-7-18(15)25-21(27)19(26-23)11-24-12-20-28-13-22(8-9-22)14-29-20/h6-7,10-11,16,20H,2-3,8-9,12-14,23H2,1H3,(H,25,27)/b24-11?,26-19+. The lowest BCUT2D eigenvalue weighted by molar-refractivity contribution is -0.201. The second-order valence-electron chi connectivity index (χ2n) is 8.09. The summed E-state index contributed by atoms with van der Waals surface area (Å²) in [4.78, 5) is 16.7. The molecule has 3 N–H and O–H groups in total. The Hall–Kier alpha value is -2.69. The van der Waals surface area contributed by atoms with Crippen molar-refractivity contribution in [1.82, 2.24) is 0 Å². The molecule has 1 aliphatic heterocycles. The monoisotopic (exact) mass is 394 g/mol. The predicted octanol–water partition coefficient (Wildman–Crippen LogP) is 2.23. The smallest absolute Gasteiger partial charge is 0.277 e. The quantitative estimate of drug-likeness (QED) is 0.346. The Morgan fingerprint density at radius 1 is 1.34 bits per heavy atom. The summed E-state index contributed by atoms with van der Waals surface area (Å²) in [7, 11) is 0. The van der Waals surface area contributed by atoms with Gasteiger partial charge in [0.1, 0.15) is 0 Å². The van der Waals surface area contributed by atoms with Crippen molar-refractivity contribution in [3.8, 4) is 11.8 Å². The molecule has 2 saturated carbocycles. The van der Waals surface area contributed by atoms with Crippen LogP contribution in [0, 0.1) is 30.1 Å². The summed E-state index contributed by atoms with van der Waals surface area (Å²) < 4.78 is 11.3. The number of anilines is 1. The molecule has 7 heteroatoms. The molecule has 1 heterocycles. The van der Waals surface area contributed by atoms with Crippen molar-refractivity contribution in [3.05, 3.63) is 29.3 Å². The molecule has 0 radical (unpaired) electrons. The SMILES string of the molecule is Cc1cc(C#CC2CC2)ccc1NC(=O)/C(C=NCC1OCC2(CC2)CO1)=N/N. The van der Waals surface area contributed by atoms with Gasteiger partial charge in [0.2, 0.25) is 0 Å². The van der Waals surface area contributed by atoms with Crippen LogP contribution < -0.4 is 11.2 Å². The number of nitrogens with zero attached hydrogens (tertiary/aromatic N) is 2. The molecule has 3 aliphatic rings. The molecule has 0 atom stereocenters. The Morgan fingerprint density at radius 2 is 2.10 bits per heavy atom. The van der Waals surface area contributed by atoms with E-state index in [1.54, 1.807) is 0 Å². The van der Waals surface area contributed by atoms with Crippen molar-refractivity contribution in [2.75, 3.05) is 25.1 Å². The predicted molar refractivity (Wildman–Crippen MR) is 112 cm³/mol. The second-order valence-corrected chi connectivity index (χ2v) is 8.09. The molecule has 7 nitrogen and oxygen atoms in total. The molecule has 4 rings (SSSR count). The van der Waals surface area contributed by atoms with Gasteiger partial charge in [0.15, 0.2) is 12.0 Å². The van der Waals surface area contributed by atoms with E-state index < -0.39 is 5.91 Å². The van der Waals surface area contributed by atoms with Gasteiger partial charge in [-0.05, 0) is 56.4 Å². The summed E-state index contributed by atoms with van der Waals surface area (Å²) in [5, 5.41) is 6.38. The molecular formula is C22H26N4O3. The summed E-state index contributed by atoms with van der Waals surface area (Å²) >= 11 is 0. The van der Waals surface area contributed by atoms with Crippen LogP contribution in [-0.4, -0.2) is 43.9 Å². The molecule has 0 bridgehead atoms. The molecule has 1 saturated heterocycles. The fourth-order valence-corrected chi connectivity index (χ4v) is 3.06. The Labute approximate surface area is 170 Å². The maximum Gasteiger partial charge on any atom is 0.277 e. The fraction of sp³-hybridized carbons (Fsp3) is 0.500. The summed E-state index contributed by atoms with van der Waals surface area (Å²) in [6.07, 6.45) is 5.70. The molecule has 1 aromatic carbocycles. The Kier molecular flexibility index (Phi) is 5.65. The lowest BCUT2D eigenvalue weighted by Gasteiger charge is -2.28. The zero-order valence-electron chi connectivity index (χ0n) is 16.6. The third-order valence-electron chi connectivity index (χ3n) is 5.42. The number of nitrogens with two attached hydrogens (primary N) is 1. The van der Waals surface area contributed by atoms with Crippen molar-refractivity contribution in [3.63, 3.8) is 0 Å². The first kappa shape index (κ1) is 19.6. The van der Waals surface area contributed by atoms with E-state index in [1.807, 2.05) is 25.1 Å². The van der Waals surface area contributed by atoms with Crippen LogP contribution in [0.5, 0.6) is 0 Å². The summed E-state index contributed by atoms with van der Waals surface area (Å²) in [5.41, 5.74) is 2.85. The molecule has 1 aromatic rings. The molecular weight excluding hydrogens is 368 g/mol. The minimum absolute atomic E-state index is 0.0384. The van der Waals surface area contributed by atoms with Crippen LogP contribution in [0.1, 0.15) is 36.8 Å². The molecule has 152 valence electrons. The van der Waals surface area contributed by atoms with Gasteiger partial charge in [0.25, 0.3) is 5.91 Å². The minimum atomic E-state index is -0.418. The number of rotatable bonds is 5. The van der Waals surface area contributed by atoms with E-state index in [-0.39, 0.29) is 17.4 Å². The van der Waals surface area contributed by atoms with Gasteiger partial charge >= 0.3 is 0 Å². The maximum atomic E-state index is 12.5. The van der Waals surface area contributed by atoms with Crippen LogP contribution in [0.4, 0.5) is 5.69 Å². The van der Waals surface area contributed by atoms with Gasteiger partial charge in [-0.1, -0.05) is 11.8 Å². The number of aryl methyl sites for hydroxylation is 1. The zero-order chi connectivity index (χ0) is 20.3. The highest BCUT2D eigenvalue weighted by Gasteiger charge is 2.46. The first-order valence-electron chi connectivity index (χ1n) is 10.0. The first-order valence-corrected chi connectivity index (χ1v) is 10.0. The van der Waals surface area contributed by atoms with Gasteiger partial charge in [-0.3, -0.25) is 9.79 Å². The number of carbonyl (C=O) groups is 1. The molecule has 0 aromatic heterocycles. The highest BCUT2D eigenvalue weighted by Crippen LogP contribution is 2.48. The van der Waals surface area contributed by atoms with E-state index in [0.717, 1.165) is 11.1 Å². The van der Waals surface area contributed by atoms with Crippen LogP contribution in [0.2, 0.25) is 0 Å². The van der Waals surface area contributed by atoms with E-state index in [2.05, 4.69) is 27.3 Å². The van der Waals surface area contributed by atoms with Gasteiger partial charge in [0.05, 0.1) is 26.0 Å². The number of carbonyl (C=O) groups excluding carboxylic acids is 1. The molecule has 2 aliphatic carbocycles. The number of nitrogens with one attached hydrogen (secondary N) is 1. The highest BCUT2D eigenvalue weighted by molar-refractivity contribution is 6.63. The number of hydrogen-bond acceptors (Lipinski definition) is 6. The van der Waals surface area contributed by atoms with Crippen molar-refractivity contribution < 1.29 is 14.3 Å². The van der Waals surface area contributed by atoms with Gasteiger partial charge in [-0.15, -0.1) is 0 Å². The third-order valence-corrected chi connectivity index (χ3v) is 5.42. The van der Waals surface area contributed by atoms with Gasteiger partial charge in [0, 0.05) is 22.6 Å². The molecule has 1 spiro atoms. The van der Waals surface area contributed by atoms with E-state index in [0.29, 0.717) is 31.4 Å². The number of amides is 1. The number of hydrazone groups is 1. The van der Waals surface area contributed by atoms with Crippen molar-refractivity contribution in [1.29, 1.82) is 0 Å². The van der Waals surface area contributed by atoms with Crippen LogP contribution in [-0.2, 0) is 14.3 Å².